The van der Waals surface area contributed by atoms with Crippen molar-refractivity contribution < 1.29 is 0 Å². The van der Waals surface area contributed by atoms with E-state index in [1.54, 1.807) is 7.16 Å². The maximum atomic E-state index is 2.34. The van der Waals surface area contributed by atoms with Crippen molar-refractivity contribution in [1.29, 1.82) is 0 Å². The van der Waals surface area contributed by atoms with Gasteiger partial charge in [0.25, 0.3) is 0 Å². The molecule has 2 heteroatoms. The van der Waals surface area contributed by atoms with Gasteiger partial charge < -0.3 is 0 Å². The van der Waals surface area contributed by atoms with Crippen molar-refractivity contribution in [2.75, 3.05) is 20.6 Å². The van der Waals surface area contributed by atoms with Crippen LogP contribution in [0.25, 0.3) is 0 Å². The molecule has 0 aromatic heterocycles. The molecule has 0 aliphatic rings. The van der Waals surface area contributed by atoms with Gasteiger partial charge in [-0.15, -0.1) is 0 Å². The standard InChI is InChI=1S/2C6H5.C5H12N.Sn.H/c2*1-2-4-6-5-3-1;1-4-5-6(2)3;;/h2*1-5H;1,4-5H2,2-3H3;;. The van der Waals surface area contributed by atoms with Crippen molar-refractivity contribution >= 4 is 26.9 Å². The van der Waals surface area contributed by atoms with Gasteiger partial charge in [0.15, 0.2) is 0 Å². The minimum absolute atomic E-state index is 1.20. The molecular formula is C17H23NSn. The fourth-order valence-electron chi connectivity index (χ4n) is 2.51. The van der Waals surface area contributed by atoms with E-state index in [0.717, 1.165) is 0 Å². The Morgan fingerprint density at radius 3 is 1.68 bits per heavy atom. The van der Waals surface area contributed by atoms with Gasteiger partial charge in [-0.3, -0.25) is 0 Å². The first-order valence-electron chi connectivity index (χ1n) is 7.02. The van der Waals surface area contributed by atoms with E-state index in [0.29, 0.717) is 0 Å². The van der Waals surface area contributed by atoms with Gasteiger partial charge in [0.2, 0.25) is 0 Å². The predicted molar refractivity (Wildman–Crippen MR) is 87.3 cm³/mol. The fourth-order valence-corrected chi connectivity index (χ4v) is 11.1. The quantitative estimate of drug-likeness (QED) is 0.713. The van der Waals surface area contributed by atoms with Crippen LogP contribution in [0.2, 0.25) is 4.44 Å². The summed E-state index contributed by atoms with van der Waals surface area (Å²) in [6, 6.07) is 22.3. The molecule has 0 N–H and O–H groups in total. The third-order valence-electron chi connectivity index (χ3n) is 3.50. The molecule has 2 rings (SSSR count). The van der Waals surface area contributed by atoms with E-state index >= 15 is 0 Å². The van der Waals surface area contributed by atoms with Gasteiger partial charge in [-0.2, -0.15) is 0 Å². The second-order valence-corrected chi connectivity index (χ2v) is 13.9. The van der Waals surface area contributed by atoms with Crippen molar-refractivity contribution in [3.63, 3.8) is 0 Å². The molecule has 100 valence electrons. The average Bonchev–Trinajstić information content (AvgIpc) is 2.45. The predicted octanol–water partition coefficient (Wildman–Crippen LogP) is 1.98. The van der Waals surface area contributed by atoms with Crippen LogP contribution in [-0.2, 0) is 0 Å². The first-order chi connectivity index (χ1) is 9.27. The third kappa shape index (κ3) is 4.66. The topological polar surface area (TPSA) is 3.24 Å². The molecule has 0 unspecified atom stereocenters. The Kier molecular flexibility index (Phi) is 5.92. The normalized spacial score (nSPS) is 11.2. The molecule has 19 heavy (non-hydrogen) atoms. The zero-order chi connectivity index (χ0) is 13.5. The summed E-state index contributed by atoms with van der Waals surface area (Å²) in [4.78, 5) is 2.29. The molecule has 0 spiro atoms. The van der Waals surface area contributed by atoms with Crippen LogP contribution in [0.4, 0.5) is 0 Å². The van der Waals surface area contributed by atoms with Crippen LogP contribution in [0.3, 0.4) is 0 Å². The molecule has 0 fully saturated rings. The number of benzene rings is 2. The Hall–Kier alpha value is -0.801. The molecule has 0 bridgehead atoms. The minimum atomic E-state index is -1.83. The average molecular weight is 360 g/mol. The Labute approximate surface area is 124 Å². The molecule has 0 aliphatic heterocycles. The summed E-state index contributed by atoms with van der Waals surface area (Å²) in [5, 5.41) is 0. The molecule has 1 nitrogen and oxygen atoms in total. The molecule has 2 aromatic rings. The summed E-state index contributed by atoms with van der Waals surface area (Å²) in [6.45, 7) is 1.20. The van der Waals surface area contributed by atoms with E-state index in [1.165, 1.54) is 17.4 Å². The van der Waals surface area contributed by atoms with Gasteiger partial charge >= 0.3 is 124 Å². The van der Waals surface area contributed by atoms with Crippen LogP contribution in [0.5, 0.6) is 0 Å². The van der Waals surface area contributed by atoms with Crippen molar-refractivity contribution in [2.45, 2.75) is 10.9 Å². The Balaban J connectivity index is 2.14. The number of nitrogens with zero attached hydrogens (tertiary/aromatic N) is 1. The van der Waals surface area contributed by atoms with Gasteiger partial charge in [0, 0.05) is 0 Å². The van der Waals surface area contributed by atoms with Crippen molar-refractivity contribution in [2.24, 2.45) is 0 Å². The third-order valence-corrected chi connectivity index (χ3v) is 13.1. The van der Waals surface area contributed by atoms with Gasteiger partial charge in [0.1, 0.15) is 0 Å². The molecule has 0 atom stereocenters. The molecule has 0 saturated carbocycles. The zero-order valence-electron chi connectivity index (χ0n) is 11.9. The molecule has 0 saturated heterocycles. The van der Waals surface area contributed by atoms with E-state index < -0.39 is 19.8 Å². The first-order valence-corrected chi connectivity index (χ1v) is 12.6. The Morgan fingerprint density at radius 1 is 0.789 bits per heavy atom. The number of rotatable bonds is 6. The molecule has 0 aliphatic carbocycles. The van der Waals surface area contributed by atoms with E-state index in [1.807, 2.05) is 0 Å². The van der Waals surface area contributed by atoms with Crippen LogP contribution in [0.1, 0.15) is 6.42 Å². The van der Waals surface area contributed by atoms with Crippen LogP contribution in [0, 0.1) is 0 Å². The molecule has 0 radical (unpaired) electrons. The van der Waals surface area contributed by atoms with Crippen LogP contribution >= 0.6 is 0 Å². The second kappa shape index (κ2) is 7.71. The van der Waals surface area contributed by atoms with Crippen molar-refractivity contribution in [3.05, 3.63) is 60.7 Å². The maximum absolute atomic E-state index is 2.34. The molecule has 0 amide bonds. The first kappa shape index (κ1) is 14.6. The molecule has 2 aromatic carbocycles. The molecular weight excluding hydrogens is 337 g/mol. The monoisotopic (exact) mass is 361 g/mol. The second-order valence-electron chi connectivity index (χ2n) is 5.32. The number of hydrogen-bond acceptors (Lipinski definition) is 1. The summed E-state index contributed by atoms with van der Waals surface area (Å²) in [7, 11) is 4.32. The fraction of sp³-hybridized carbons (Fsp3) is 0.294. The Bertz CT molecular complexity index is 428. The van der Waals surface area contributed by atoms with E-state index in [4.69, 9.17) is 0 Å². The summed E-state index contributed by atoms with van der Waals surface area (Å²) >= 11 is -1.83. The summed E-state index contributed by atoms with van der Waals surface area (Å²) in [5.41, 5.74) is 0. The summed E-state index contributed by atoms with van der Waals surface area (Å²) < 4.78 is 4.68. The van der Waals surface area contributed by atoms with Gasteiger partial charge in [0.05, 0.1) is 0 Å². The molecule has 0 heterocycles. The van der Waals surface area contributed by atoms with Crippen molar-refractivity contribution in [1.82, 2.24) is 4.90 Å². The van der Waals surface area contributed by atoms with E-state index in [-0.39, 0.29) is 0 Å². The van der Waals surface area contributed by atoms with Crippen LogP contribution < -0.4 is 7.16 Å². The van der Waals surface area contributed by atoms with E-state index in [9.17, 15) is 0 Å². The Morgan fingerprint density at radius 2 is 1.26 bits per heavy atom. The van der Waals surface area contributed by atoms with E-state index in [2.05, 4.69) is 79.7 Å². The zero-order valence-corrected chi connectivity index (χ0v) is 15.2. The van der Waals surface area contributed by atoms with Gasteiger partial charge in [-0.25, -0.2) is 0 Å². The van der Waals surface area contributed by atoms with Crippen LogP contribution in [-0.4, -0.2) is 45.3 Å². The van der Waals surface area contributed by atoms with Gasteiger partial charge in [-0.05, 0) is 0 Å². The summed E-state index contributed by atoms with van der Waals surface area (Å²) in [5.74, 6) is 0. The van der Waals surface area contributed by atoms with Crippen molar-refractivity contribution in [3.8, 4) is 0 Å². The number of hydrogen-bond donors (Lipinski definition) is 0. The SMILES string of the molecule is CN(C)CC[CH2][SnH]([c]1ccccc1)[c]1ccccc1. The van der Waals surface area contributed by atoms with Crippen LogP contribution in [0.15, 0.2) is 60.7 Å². The summed E-state index contributed by atoms with van der Waals surface area (Å²) in [6.07, 6.45) is 1.32. The van der Waals surface area contributed by atoms with Gasteiger partial charge in [-0.1, -0.05) is 0 Å².